The van der Waals surface area contributed by atoms with Crippen molar-refractivity contribution in [2.24, 2.45) is 0 Å². The van der Waals surface area contributed by atoms with Crippen molar-refractivity contribution >= 4 is 17.2 Å². The number of halogens is 1. The number of tetrazole rings is 1. The second-order valence-corrected chi connectivity index (χ2v) is 5.73. The van der Waals surface area contributed by atoms with E-state index in [1.54, 1.807) is 60.8 Å². The molecule has 27 heavy (non-hydrogen) atoms. The van der Waals surface area contributed by atoms with Gasteiger partial charge in [-0.15, -0.1) is 5.10 Å². The second kappa shape index (κ2) is 7.20. The minimum Gasteiger partial charge on any atom is -0.489 e. The van der Waals surface area contributed by atoms with Gasteiger partial charge >= 0.3 is 0 Å². The summed E-state index contributed by atoms with van der Waals surface area (Å²) in [7, 11) is 0. The quantitative estimate of drug-likeness (QED) is 0.589. The molecule has 8 heteroatoms. The zero-order valence-electron chi connectivity index (χ0n) is 14.0. The number of hydrogen-bond acceptors (Lipinski definition) is 5. The first kappa shape index (κ1) is 16.6. The lowest BCUT2D eigenvalue weighted by atomic mass is 10.2. The van der Waals surface area contributed by atoms with Crippen LogP contribution in [0.5, 0.6) is 5.75 Å². The fraction of sp³-hybridized carbons (Fsp3) is 0.0526. The van der Waals surface area contributed by atoms with Crippen LogP contribution in [-0.4, -0.2) is 25.9 Å². The van der Waals surface area contributed by atoms with E-state index in [4.69, 9.17) is 4.74 Å². The van der Waals surface area contributed by atoms with Gasteiger partial charge in [0.2, 0.25) is 0 Å². The first-order chi connectivity index (χ1) is 13.2. The molecule has 2 aromatic heterocycles. The van der Waals surface area contributed by atoms with E-state index in [1.165, 1.54) is 10.6 Å². The molecule has 7 nitrogen and oxygen atoms in total. The van der Waals surface area contributed by atoms with Crippen LogP contribution in [0, 0.1) is 5.82 Å². The Morgan fingerprint density at radius 1 is 1.07 bits per heavy atom. The Bertz CT molecular complexity index is 1090. The zero-order chi connectivity index (χ0) is 18.6. The Kier molecular flexibility index (Phi) is 4.44. The van der Waals surface area contributed by atoms with E-state index in [0.29, 0.717) is 28.2 Å². The van der Waals surface area contributed by atoms with E-state index in [1.807, 2.05) is 0 Å². The van der Waals surface area contributed by atoms with Gasteiger partial charge in [-0.25, -0.2) is 4.39 Å². The molecule has 0 radical (unpaired) electrons. The molecule has 0 spiro atoms. The zero-order valence-corrected chi connectivity index (χ0v) is 14.0. The Morgan fingerprint density at radius 2 is 1.89 bits per heavy atom. The van der Waals surface area contributed by atoms with Crippen LogP contribution in [0.2, 0.25) is 0 Å². The van der Waals surface area contributed by atoms with Gasteiger partial charge in [0.25, 0.3) is 5.91 Å². The standard InChI is InChI=1S/C19H14FN5O2/c20-17-6-2-1-4-13(17)12-27-15-9-7-14(8-10-15)21-19(26)16-5-3-11-25-18(16)22-23-24-25/h1-11H,12H2,(H,21,26). The predicted octanol–water partition coefficient (Wildman–Crippen LogP) is 3.09. The number of carbonyl (C=O) groups excluding carboxylic acids is 1. The van der Waals surface area contributed by atoms with Crippen molar-refractivity contribution in [2.45, 2.75) is 6.61 Å². The molecule has 0 aliphatic heterocycles. The third kappa shape index (κ3) is 3.59. The van der Waals surface area contributed by atoms with Crippen LogP contribution < -0.4 is 10.1 Å². The molecule has 4 aromatic rings. The van der Waals surface area contributed by atoms with E-state index in [-0.39, 0.29) is 18.3 Å². The molecule has 0 bridgehead atoms. The molecular formula is C19H14FN5O2. The molecule has 0 saturated carbocycles. The van der Waals surface area contributed by atoms with Gasteiger partial charge in [0.05, 0.1) is 5.56 Å². The Morgan fingerprint density at radius 3 is 2.70 bits per heavy atom. The Balaban J connectivity index is 1.42. The maximum atomic E-state index is 13.6. The highest BCUT2D eigenvalue weighted by Crippen LogP contribution is 2.19. The minimum atomic E-state index is -0.324. The van der Waals surface area contributed by atoms with Crippen molar-refractivity contribution in [1.29, 1.82) is 0 Å². The van der Waals surface area contributed by atoms with Crippen molar-refractivity contribution in [2.75, 3.05) is 5.32 Å². The molecule has 0 saturated heterocycles. The van der Waals surface area contributed by atoms with Crippen molar-refractivity contribution in [1.82, 2.24) is 20.0 Å². The summed E-state index contributed by atoms with van der Waals surface area (Å²) in [5.74, 6) is -0.0611. The Labute approximate surface area is 153 Å². The summed E-state index contributed by atoms with van der Waals surface area (Å²) in [5.41, 5.74) is 1.81. The summed E-state index contributed by atoms with van der Waals surface area (Å²) in [5, 5.41) is 14.0. The largest absolute Gasteiger partial charge is 0.489 e. The molecule has 134 valence electrons. The molecule has 1 N–H and O–H groups in total. The molecule has 0 unspecified atom stereocenters. The molecule has 0 aliphatic rings. The lowest BCUT2D eigenvalue weighted by molar-refractivity contribution is 0.102. The number of aromatic nitrogens is 4. The average molecular weight is 363 g/mol. The first-order valence-electron chi connectivity index (χ1n) is 8.15. The number of nitrogens with zero attached hydrogens (tertiary/aromatic N) is 4. The normalized spacial score (nSPS) is 10.7. The van der Waals surface area contributed by atoms with Crippen LogP contribution in [0.15, 0.2) is 66.9 Å². The number of amides is 1. The lowest BCUT2D eigenvalue weighted by Crippen LogP contribution is -2.13. The fourth-order valence-corrected chi connectivity index (χ4v) is 2.55. The second-order valence-electron chi connectivity index (χ2n) is 5.73. The van der Waals surface area contributed by atoms with Crippen molar-refractivity contribution < 1.29 is 13.9 Å². The highest BCUT2D eigenvalue weighted by Gasteiger charge is 2.13. The van der Waals surface area contributed by atoms with Crippen molar-refractivity contribution in [3.8, 4) is 5.75 Å². The summed E-state index contributed by atoms with van der Waals surface area (Å²) in [4.78, 5) is 12.5. The van der Waals surface area contributed by atoms with Gasteiger partial charge in [0.15, 0.2) is 5.65 Å². The van der Waals surface area contributed by atoms with Gasteiger partial charge in [0, 0.05) is 17.4 Å². The number of ether oxygens (including phenoxy) is 1. The number of nitrogens with one attached hydrogen (secondary N) is 1. The topological polar surface area (TPSA) is 81.4 Å². The summed E-state index contributed by atoms with van der Waals surface area (Å²) < 4.78 is 20.6. The van der Waals surface area contributed by atoms with E-state index in [2.05, 4.69) is 20.8 Å². The van der Waals surface area contributed by atoms with E-state index < -0.39 is 0 Å². The van der Waals surface area contributed by atoms with Crippen molar-refractivity contribution in [3.63, 3.8) is 0 Å². The SMILES string of the molecule is O=C(Nc1ccc(OCc2ccccc2F)cc1)c1cccn2nnnc12. The number of benzene rings is 2. The monoisotopic (exact) mass is 363 g/mol. The first-order valence-corrected chi connectivity index (χ1v) is 8.15. The number of carbonyl (C=O) groups is 1. The molecule has 0 aliphatic carbocycles. The summed E-state index contributed by atoms with van der Waals surface area (Å²) in [6, 6.07) is 16.6. The molecule has 4 rings (SSSR count). The van der Waals surface area contributed by atoms with Gasteiger partial charge < -0.3 is 10.1 Å². The predicted molar refractivity (Wildman–Crippen MR) is 95.9 cm³/mol. The van der Waals surface area contributed by atoms with Crippen molar-refractivity contribution in [3.05, 3.63) is 83.8 Å². The van der Waals surface area contributed by atoms with Gasteiger partial charge in [-0.2, -0.15) is 4.52 Å². The maximum absolute atomic E-state index is 13.6. The van der Waals surface area contributed by atoms with Gasteiger partial charge in [0.1, 0.15) is 18.2 Å². The van der Waals surface area contributed by atoms with Crippen LogP contribution >= 0.6 is 0 Å². The van der Waals surface area contributed by atoms with Crippen LogP contribution in [0.4, 0.5) is 10.1 Å². The van der Waals surface area contributed by atoms with Crippen LogP contribution in [0.1, 0.15) is 15.9 Å². The number of anilines is 1. The van der Waals surface area contributed by atoms with Crippen LogP contribution in [-0.2, 0) is 6.61 Å². The van der Waals surface area contributed by atoms with E-state index in [0.717, 1.165) is 0 Å². The molecule has 2 heterocycles. The van der Waals surface area contributed by atoms with Crippen LogP contribution in [0.3, 0.4) is 0 Å². The minimum absolute atomic E-state index is 0.125. The summed E-state index contributed by atoms with van der Waals surface area (Å²) >= 11 is 0. The number of fused-ring (bicyclic) bond motifs is 1. The van der Waals surface area contributed by atoms with Gasteiger partial charge in [-0.05, 0) is 52.9 Å². The lowest BCUT2D eigenvalue weighted by Gasteiger charge is -2.09. The summed E-state index contributed by atoms with van der Waals surface area (Å²) in [6.45, 7) is 0.125. The highest BCUT2D eigenvalue weighted by molar-refractivity contribution is 6.08. The third-order valence-electron chi connectivity index (χ3n) is 3.93. The third-order valence-corrected chi connectivity index (χ3v) is 3.93. The number of hydrogen-bond donors (Lipinski definition) is 1. The van der Waals surface area contributed by atoms with E-state index in [9.17, 15) is 9.18 Å². The average Bonchev–Trinajstić information content (AvgIpc) is 3.17. The van der Waals surface area contributed by atoms with E-state index >= 15 is 0 Å². The molecule has 0 atom stereocenters. The smallest absolute Gasteiger partial charge is 0.259 e. The summed E-state index contributed by atoms with van der Waals surface area (Å²) in [6.07, 6.45) is 1.66. The molecule has 2 aromatic carbocycles. The van der Waals surface area contributed by atoms with Crippen LogP contribution in [0.25, 0.3) is 5.65 Å². The Hall–Kier alpha value is -3.81. The number of rotatable bonds is 5. The molecular weight excluding hydrogens is 349 g/mol. The van der Waals surface area contributed by atoms with Gasteiger partial charge in [-0.3, -0.25) is 4.79 Å². The number of pyridine rings is 1. The maximum Gasteiger partial charge on any atom is 0.259 e. The van der Waals surface area contributed by atoms with Gasteiger partial charge in [-0.1, -0.05) is 18.2 Å². The fourth-order valence-electron chi connectivity index (χ4n) is 2.55. The molecule has 1 amide bonds. The molecule has 0 fully saturated rings. The highest BCUT2D eigenvalue weighted by atomic mass is 19.1.